The second kappa shape index (κ2) is 58.7. The van der Waals surface area contributed by atoms with E-state index < -0.39 is 124 Å². The van der Waals surface area contributed by atoms with E-state index in [4.69, 9.17) is 28.4 Å². The third kappa shape index (κ3) is 39.1. The van der Waals surface area contributed by atoms with Gasteiger partial charge in [0.15, 0.2) is 18.9 Å². The van der Waals surface area contributed by atoms with Gasteiger partial charge in [-0.15, -0.1) is 0 Å². The standard InChI is InChI=1S/C77H145NO18/c1-3-5-7-9-11-13-15-17-19-21-23-25-27-28-29-30-31-32-33-35-37-39-41-43-45-47-49-51-53-55-65(83)78-60(61(82)54-52-50-48-46-44-42-40-38-36-34-26-24-22-20-18-16-14-12-10-8-6-4-2)59-91-75-71(89)68(86)73(63(57-80)93-75)96-77-72(90)69(87)74(64(58-81)94-77)95-76-70(88)67(85)66(84)62(56-79)92-76/h15,17,21,23,60-64,66-77,79-82,84-90H,3-14,16,18-20,22,24-59H2,1-2H3,(H,78,83)/b17-15-,23-21-. The van der Waals surface area contributed by atoms with Crippen molar-refractivity contribution in [3.8, 4) is 0 Å². The molecule has 0 saturated carbocycles. The summed E-state index contributed by atoms with van der Waals surface area (Å²) in [5.41, 5.74) is 0. The van der Waals surface area contributed by atoms with Crippen molar-refractivity contribution in [2.75, 3.05) is 26.4 Å². The van der Waals surface area contributed by atoms with E-state index in [0.29, 0.717) is 12.8 Å². The summed E-state index contributed by atoms with van der Waals surface area (Å²) in [5.74, 6) is -0.236. The highest BCUT2D eigenvalue weighted by molar-refractivity contribution is 5.76. The van der Waals surface area contributed by atoms with E-state index in [-0.39, 0.29) is 18.9 Å². The molecule has 0 aromatic heterocycles. The van der Waals surface area contributed by atoms with Crippen LogP contribution in [-0.2, 0) is 33.2 Å². The van der Waals surface area contributed by atoms with Gasteiger partial charge in [-0.25, -0.2) is 0 Å². The number of hydrogen-bond acceptors (Lipinski definition) is 18. The highest BCUT2D eigenvalue weighted by atomic mass is 16.8. The zero-order valence-electron chi connectivity index (χ0n) is 60.4. The van der Waals surface area contributed by atoms with Crippen molar-refractivity contribution in [2.24, 2.45) is 0 Å². The molecule has 3 heterocycles. The molecule has 17 atom stereocenters. The number of rotatable bonds is 63. The first-order chi connectivity index (χ1) is 46.8. The summed E-state index contributed by atoms with van der Waals surface area (Å²) >= 11 is 0. The number of aliphatic hydroxyl groups is 11. The fourth-order valence-electron chi connectivity index (χ4n) is 13.6. The number of amides is 1. The Labute approximate surface area is 581 Å². The first-order valence-corrected chi connectivity index (χ1v) is 39.6. The molecule has 3 rings (SSSR count). The molecular weight excluding hydrogens is 1230 g/mol. The van der Waals surface area contributed by atoms with Gasteiger partial charge >= 0.3 is 0 Å². The summed E-state index contributed by atoms with van der Waals surface area (Å²) in [6, 6.07) is -0.886. The summed E-state index contributed by atoms with van der Waals surface area (Å²) in [5, 5.41) is 121. The van der Waals surface area contributed by atoms with Crippen LogP contribution >= 0.6 is 0 Å². The van der Waals surface area contributed by atoms with Gasteiger partial charge in [-0.2, -0.15) is 0 Å². The van der Waals surface area contributed by atoms with Crippen molar-refractivity contribution in [2.45, 2.75) is 433 Å². The quantitative estimate of drug-likeness (QED) is 0.0199. The minimum Gasteiger partial charge on any atom is -0.394 e. The maximum Gasteiger partial charge on any atom is 0.220 e. The van der Waals surface area contributed by atoms with Crippen LogP contribution in [0.25, 0.3) is 0 Å². The lowest BCUT2D eigenvalue weighted by Crippen LogP contribution is -2.66. The lowest BCUT2D eigenvalue weighted by molar-refractivity contribution is -0.379. The van der Waals surface area contributed by atoms with Crippen LogP contribution in [0.3, 0.4) is 0 Å². The van der Waals surface area contributed by atoms with Crippen LogP contribution in [0.15, 0.2) is 24.3 Å². The van der Waals surface area contributed by atoms with E-state index in [1.807, 2.05) is 0 Å². The number of unbranched alkanes of at least 4 members (excludes halogenated alkanes) is 43. The van der Waals surface area contributed by atoms with Gasteiger partial charge in [0, 0.05) is 6.42 Å². The average Bonchev–Trinajstić information content (AvgIpc) is 0.787. The van der Waals surface area contributed by atoms with Crippen LogP contribution in [0, 0.1) is 0 Å². The fourth-order valence-corrected chi connectivity index (χ4v) is 13.6. The van der Waals surface area contributed by atoms with E-state index in [9.17, 15) is 61.0 Å². The zero-order chi connectivity index (χ0) is 69.6. The highest BCUT2D eigenvalue weighted by Gasteiger charge is 2.54. The number of hydrogen-bond donors (Lipinski definition) is 12. The molecule has 19 nitrogen and oxygen atoms in total. The molecule has 0 radical (unpaired) electrons. The van der Waals surface area contributed by atoms with Crippen molar-refractivity contribution < 1.29 is 89.4 Å². The lowest BCUT2D eigenvalue weighted by atomic mass is 9.96. The lowest BCUT2D eigenvalue weighted by Gasteiger charge is -2.48. The Morgan fingerprint density at radius 2 is 0.688 bits per heavy atom. The molecule has 19 heteroatoms. The molecule has 0 aromatic carbocycles. The van der Waals surface area contributed by atoms with Gasteiger partial charge in [0.05, 0.1) is 38.6 Å². The fraction of sp³-hybridized carbons (Fsp3) is 0.935. The van der Waals surface area contributed by atoms with Crippen molar-refractivity contribution in [3.63, 3.8) is 0 Å². The van der Waals surface area contributed by atoms with E-state index in [0.717, 1.165) is 51.4 Å². The number of nitrogens with one attached hydrogen (secondary N) is 1. The number of ether oxygens (including phenoxy) is 6. The molecule has 0 aliphatic carbocycles. The molecule has 96 heavy (non-hydrogen) atoms. The third-order valence-electron chi connectivity index (χ3n) is 20.0. The molecule has 17 unspecified atom stereocenters. The second-order valence-corrected chi connectivity index (χ2v) is 28.5. The normalized spacial score (nSPS) is 27.1. The number of aliphatic hydroxyl groups excluding tert-OH is 11. The van der Waals surface area contributed by atoms with Crippen LogP contribution in [0.5, 0.6) is 0 Å². The molecule has 3 aliphatic heterocycles. The van der Waals surface area contributed by atoms with Crippen LogP contribution < -0.4 is 5.32 Å². The Morgan fingerprint density at radius 1 is 0.375 bits per heavy atom. The molecule has 0 aromatic rings. The van der Waals surface area contributed by atoms with E-state index >= 15 is 0 Å². The minimum absolute atomic E-state index is 0.236. The largest absolute Gasteiger partial charge is 0.394 e. The Morgan fingerprint density at radius 3 is 1.06 bits per heavy atom. The topological polar surface area (TPSA) is 307 Å². The summed E-state index contributed by atoms with van der Waals surface area (Å²) in [4.78, 5) is 13.5. The van der Waals surface area contributed by atoms with E-state index in [2.05, 4.69) is 43.5 Å². The predicted octanol–water partition coefficient (Wildman–Crippen LogP) is 12.6. The van der Waals surface area contributed by atoms with Gasteiger partial charge in [-0.05, 0) is 44.9 Å². The molecule has 3 saturated heterocycles. The van der Waals surface area contributed by atoms with Gasteiger partial charge in [-0.1, -0.05) is 301 Å². The monoisotopic (exact) mass is 1370 g/mol. The first kappa shape index (κ1) is 88.5. The molecule has 3 fully saturated rings. The minimum atomic E-state index is -1.97. The molecule has 0 spiro atoms. The SMILES string of the molecule is CCCCCCC/C=C\C/C=C\CCCCCCCCCCCCCCCCCCCC(=O)NC(COC1OC(CO)C(OC2OC(CO)C(OC3OC(CO)C(O)C(O)C3O)C(O)C2O)C(O)C1O)C(O)CCCCCCCCCCCCCCCCCCCCCCCC. The Balaban J connectivity index is 1.37. The van der Waals surface area contributed by atoms with Gasteiger partial charge in [0.1, 0.15) is 73.2 Å². The third-order valence-corrected chi connectivity index (χ3v) is 20.0. The number of carbonyl (C=O) groups is 1. The molecule has 12 N–H and O–H groups in total. The Bertz CT molecular complexity index is 1830. The molecule has 3 aliphatic rings. The average molecular weight is 1370 g/mol. The molecule has 0 bridgehead atoms. The van der Waals surface area contributed by atoms with Crippen LogP contribution in [-0.4, -0.2) is 193 Å². The molecular formula is C77H145NO18. The van der Waals surface area contributed by atoms with Gasteiger partial charge in [0.25, 0.3) is 0 Å². The van der Waals surface area contributed by atoms with Crippen LogP contribution in [0.2, 0.25) is 0 Å². The van der Waals surface area contributed by atoms with E-state index in [1.165, 1.54) is 244 Å². The first-order valence-electron chi connectivity index (χ1n) is 39.6. The Kier molecular flexibility index (Phi) is 54.1. The van der Waals surface area contributed by atoms with Crippen molar-refractivity contribution in [1.82, 2.24) is 5.32 Å². The van der Waals surface area contributed by atoms with E-state index in [1.54, 1.807) is 0 Å². The van der Waals surface area contributed by atoms with Crippen molar-refractivity contribution in [1.29, 1.82) is 0 Å². The van der Waals surface area contributed by atoms with Crippen molar-refractivity contribution >= 4 is 5.91 Å². The summed E-state index contributed by atoms with van der Waals surface area (Å²) in [6.07, 6.45) is 42.6. The zero-order valence-corrected chi connectivity index (χ0v) is 60.4. The van der Waals surface area contributed by atoms with Gasteiger partial charge < -0.3 is 89.9 Å². The smallest absolute Gasteiger partial charge is 0.220 e. The molecule has 1 amide bonds. The van der Waals surface area contributed by atoms with Crippen molar-refractivity contribution in [3.05, 3.63) is 24.3 Å². The van der Waals surface area contributed by atoms with Crippen LogP contribution in [0.1, 0.15) is 328 Å². The maximum absolute atomic E-state index is 13.5. The number of carbonyl (C=O) groups excluding carboxylic acids is 1. The molecule has 566 valence electrons. The van der Waals surface area contributed by atoms with Gasteiger partial charge in [0.2, 0.25) is 5.91 Å². The summed E-state index contributed by atoms with van der Waals surface area (Å²) < 4.78 is 34.5. The maximum atomic E-state index is 13.5. The predicted molar refractivity (Wildman–Crippen MR) is 379 cm³/mol. The Hall–Kier alpha value is -1.73. The highest BCUT2D eigenvalue weighted by Crippen LogP contribution is 2.33. The van der Waals surface area contributed by atoms with Gasteiger partial charge in [-0.3, -0.25) is 4.79 Å². The number of allylic oxidation sites excluding steroid dienone is 4. The van der Waals surface area contributed by atoms with Crippen LogP contribution in [0.4, 0.5) is 0 Å². The summed E-state index contributed by atoms with van der Waals surface area (Å²) in [7, 11) is 0. The second-order valence-electron chi connectivity index (χ2n) is 28.5. The summed E-state index contributed by atoms with van der Waals surface area (Å²) in [6.45, 7) is 1.84.